The van der Waals surface area contributed by atoms with Crippen LogP contribution in [0.5, 0.6) is 11.5 Å². The van der Waals surface area contributed by atoms with Gasteiger partial charge < -0.3 is 20.4 Å². The zero-order valence-electron chi connectivity index (χ0n) is 22.7. The molecule has 0 aliphatic heterocycles. The number of nitro groups is 2. The van der Waals surface area contributed by atoms with E-state index in [1.165, 1.54) is 54.6 Å². The molecule has 18 nitrogen and oxygen atoms in total. The Kier molecular flexibility index (Phi) is 8.88. The van der Waals surface area contributed by atoms with Gasteiger partial charge in [0, 0.05) is 6.07 Å². The van der Waals surface area contributed by atoms with E-state index in [1.54, 1.807) is 6.92 Å². The van der Waals surface area contributed by atoms with Crippen molar-refractivity contribution in [2.24, 2.45) is 30.7 Å². The molecule has 4 aromatic rings. The number of phenolic OH excluding ortho intramolecular Hbond substituents is 2. The van der Waals surface area contributed by atoms with Gasteiger partial charge in [0.25, 0.3) is 5.69 Å². The number of hydrogen-bond donors (Lipinski definition) is 4. The lowest BCUT2D eigenvalue weighted by Crippen LogP contribution is -1.96. The van der Waals surface area contributed by atoms with E-state index < -0.39 is 50.3 Å². The fourth-order valence-electron chi connectivity index (χ4n) is 3.61. The normalized spacial score (nSPS) is 11.4. The second-order valence-electron chi connectivity index (χ2n) is 8.93. The SMILES string of the molecule is Cc1cc(O)c(N=Nc2cc([N+](=O)[O-])cc([N+](=O)[O-])c2O)cc1N=Nc1ccc(N=Nc2ccc(C(=O)O)cc2)cc1C(=O)O. The number of carboxylic acid groups (broad SMARTS) is 2. The van der Waals surface area contributed by atoms with Crippen molar-refractivity contribution >= 4 is 57.4 Å². The zero-order chi connectivity index (χ0) is 32.8. The third-order valence-electron chi connectivity index (χ3n) is 5.89. The molecule has 0 aromatic heterocycles. The number of carboxylic acids is 2. The number of benzene rings is 4. The summed E-state index contributed by atoms with van der Waals surface area (Å²) in [5.74, 6) is -3.87. The van der Waals surface area contributed by atoms with E-state index in [-0.39, 0.29) is 33.9 Å². The fourth-order valence-corrected chi connectivity index (χ4v) is 3.61. The van der Waals surface area contributed by atoms with Crippen molar-refractivity contribution in [3.05, 3.63) is 104 Å². The summed E-state index contributed by atoms with van der Waals surface area (Å²) < 4.78 is 0. The third-order valence-corrected chi connectivity index (χ3v) is 5.89. The van der Waals surface area contributed by atoms with E-state index in [9.17, 15) is 45.1 Å². The summed E-state index contributed by atoms with van der Waals surface area (Å²) in [4.78, 5) is 43.3. The first-order chi connectivity index (χ1) is 21.3. The van der Waals surface area contributed by atoms with E-state index in [1.807, 2.05) is 0 Å². The minimum Gasteiger partial charge on any atom is -0.506 e. The van der Waals surface area contributed by atoms with Crippen molar-refractivity contribution in [1.29, 1.82) is 0 Å². The first-order valence-corrected chi connectivity index (χ1v) is 12.3. The molecule has 0 radical (unpaired) electrons. The summed E-state index contributed by atoms with van der Waals surface area (Å²) in [6, 6.07) is 13.2. The summed E-state index contributed by atoms with van der Waals surface area (Å²) >= 11 is 0. The molecule has 0 unspecified atom stereocenters. The molecule has 0 heterocycles. The molecule has 45 heavy (non-hydrogen) atoms. The van der Waals surface area contributed by atoms with Crippen molar-refractivity contribution < 1.29 is 39.9 Å². The first kappa shape index (κ1) is 31.0. The lowest BCUT2D eigenvalue weighted by molar-refractivity contribution is -0.394. The van der Waals surface area contributed by atoms with Crippen molar-refractivity contribution in [1.82, 2.24) is 0 Å². The van der Waals surface area contributed by atoms with Crippen LogP contribution in [0.25, 0.3) is 0 Å². The molecule has 4 rings (SSSR count). The molecule has 4 aromatic carbocycles. The highest BCUT2D eigenvalue weighted by Crippen LogP contribution is 2.42. The largest absolute Gasteiger partial charge is 0.506 e. The average Bonchev–Trinajstić information content (AvgIpc) is 2.99. The van der Waals surface area contributed by atoms with Gasteiger partial charge in [-0.2, -0.15) is 15.3 Å². The van der Waals surface area contributed by atoms with Gasteiger partial charge in [0.1, 0.15) is 22.8 Å². The van der Waals surface area contributed by atoms with Crippen LogP contribution in [0.1, 0.15) is 26.3 Å². The minimum absolute atomic E-state index is 0.0592. The van der Waals surface area contributed by atoms with Gasteiger partial charge in [0.05, 0.1) is 44.1 Å². The van der Waals surface area contributed by atoms with Crippen LogP contribution in [-0.4, -0.2) is 42.2 Å². The van der Waals surface area contributed by atoms with Gasteiger partial charge in [-0.1, -0.05) is 0 Å². The predicted octanol–water partition coefficient (Wildman–Crippen LogP) is 7.87. The molecule has 0 fully saturated rings. The maximum absolute atomic E-state index is 11.9. The average molecular weight is 614 g/mol. The lowest BCUT2D eigenvalue weighted by Gasteiger charge is -2.05. The molecule has 0 atom stereocenters. The summed E-state index contributed by atoms with van der Waals surface area (Å²) in [6.07, 6.45) is 0. The fraction of sp³-hybridized carbons (Fsp3) is 0.0370. The van der Waals surface area contributed by atoms with Crippen LogP contribution in [0.4, 0.5) is 45.5 Å². The van der Waals surface area contributed by atoms with Gasteiger partial charge in [-0.3, -0.25) is 20.2 Å². The van der Waals surface area contributed by atoms with E-state index >= 15 is 0 Å². The molecule has 18 heteroatoms. The van der Waals surface area contributed by atoms with E-state index in [2.05, 4.69) is 30.7 Å². The monoisotopic (exact) mass is 614 g/mol. The van der Waals surface area contributed by atoms with Crippen molar-refractivity contribution in [2.75, 3.05) is 0 Å². The number of rotatable bonds is 10. The Morgan fingerprint density at radius 3 is 1.87 bits per heavy atom. The molecule has 0 aliphatic carbocycles. The number of hydrogen-bond acceptors (Lipinski definition) is 14. The predicted molar refractivity (Wildman–Crippen MR) is 154 cm³/mol. The molecular weight excluding hydrogens is 596 g/mol. The molecular formula is C27H18N8O10. The summed E-state index contributed by atoms with van der Waals surface area (Å²) in [5.41, 5.74) is -1.91. The molecule has 0 amide bonds. The number of non-ortho nitro benzene ring substituents is 1. The quantitative estimate of drug-likeness (QED) is 0.0761. The molecule has 0 spiro atoms. The summed E-state index contributed by atoms with van der Waals surface area (Å²) in [6.45, 7) is 1.55. The van der Waals surface area contributed by atoms with E-state index in [4.69, 9.17) is 5.11 Å². The van der Waals surface area contributed by atoms with E-state index in [0.717, 1.165) is 6.07 Å². The Morgan fingerprint density at radius 1 is 0.644 bits per heavy atom. The van der Waals surface area contributed by atoms with Gasteiger partial charge >= 0.3 is 17.6 Å². The van der Waals surface area contributed by atoms with Gasteiger partial charge in [0.2, 0.25) is 5.75 Å². The zero-order valence-corrected chi connectivity index (χ0v) is 22.7. The highest BCUT2D eigenvalue weighted by atomic mass is 16.6. The minimum atomic E-state index is -1.35. The second kappa shape index (κ2) is 12.9. The van der Waals surface area contributed by atoms with Crippen LogP contribution >= 0.6 is 0 Å². The molecule has 0 aliphatic rings. The maximum atomic E-state index is 11.9. The highest BCUT2D eigenvalue weighted by molar-refractivity contribution is 5.94. The van der Waals surface area contributed by atoms with Crippen LogP contribution in [0.2, 0.25) is 0 Å². The summed E-state index contributed by atoms with van der Waals surface area (Å²) in [5, 5.41) is 84.8. The Balaban J connectivity index is 1.63. The number of aromatic carboxylic acids is 2. The Bertz CT molecular complexity index is 1960. The van der Waals surface area contributed by atoms with Gasteiger partial charge in [-0.15, -0.1) is 15.3 Å². The Morgan fingerprint density at radius 2 is 1.24 bits per heavy atom. The van der Waals surface area contributed by atoms with Crippen LogP contribution in [0, 0.1) is 27.2 Å². The standard InChI is InChI=1S/C27H18N8O10/c1-13-8-24(36)21(32-33-22-10-17(34(42)43)11-23(25(22)37)35(44)45)12-20(13)31-30-19-7-6-16(9-18(19)27(40)41)29-28-15-4-2-14(3-5-15)26(38)39/h2-12,36-37H,1H3,(H,38,39)(H,40,41). The third kappa shape index (κ3) is 7.27. The van der Waals surface area contributed by atoms with Crippen LogP contribution in [0.15, 0.2) is 97.4 Å². The number of nitro benzene ring substituents is 2. The van der Waals surface area contributed by atoms with Gasteiger partial charge in [-0.25, -0.2) is 9.59 Å². The van der Waals surface area contributed by atoms with Gasteiger partial charge in [-0.05, 0) is 67.1 Å². The highest BCUT2D eigenvalue weighted by Gasteiger charge is 2.24. The molecule has 0 saturated carbocycles. The second-order valence-corrected chi connectivity index (χ2v) is 8.93. The van der Waals surface area contributed by atoms with Crippen LogP contribution < -0.4 is 0 Å². The summed E-state index contributed by atoms with van der Waals surface area (Å²) in [7, 11) is 0. The molecule has 0 bridgehead atoms. The Labute approximate surface area is 250 Å². The lowest BCUT2D eigenvalue weighted by atomic mass is 10.1. The van der Waals surface area contributed by atoms with Crippen LogP contribution in [0.3, 0.4) is 0 Å². The maximum Gasteiger partial charge on any atom is 0.338 e. The Hall–Kier alpha value is -6.98. The molecule has 0 saturated heterocycles. The first-order valence-electron chi connectivity index (χ1n) is 12.3. The van der Waals surface area contributed by atoms with Crippen molar-refractivity contribution in [2.45, 2.75) is 6.92 Å². The number of phenols is 2. The smallest absolute Gasteiger partial charge is 0.338 e. The number of aromatic hydroxyl groups is 2. The number of nitrogens with zero attached hydrogens (tertiary/aromatic N) is 8. The molecule has 226 valence electrons. The number of aryl methyl sites for hydroxylation is 1. The molecule has 4 N–H and O–H groups in total. The number of carbonyl (C=O) groups is 2. The topological polar surface area (TPSA) is 276 Å². The van der Waals surface area contributed by atoms with Gasteiger partial charge in [0.15, 0.2) is 0 Å². The number of azo groups is 3. The van der Waals surface area contributed by atoms with Crippen LogP contribution in [-0.2, 0) is 0 Å². The van der Waals surface area contributed by atoms with Crippen molar-refractivity contribution in [3.8, 4) is 11.5 Å². The van der Waals surface area contributed by atoms with Crippen molar-refractivity contribution in [3.63, 3.8) is 0 Å². The van der Waals surface area contributed by atoms with E-state index in [0.29, 0.717) is 17.3 Å².